The van der Waals surface area contributed by atoms with E-state index in [4.69, 9.17) is 5.73 Å². The van der Waals surface area contributed by atoms with E-state index < -0.39 is 21.5 Å². The Morgan fingerprint density at radius 2 is 1.65 bits per heavy atom. The van der Waals surface area contributed by atoms with E-state index in [1.54, 1.807) is 12.1 Å². The Bertz CT molecular complexity index is 1330. The maximum atomic E-state index is 14.4. The number of fused-ring (bicyclic) bond motifs is 1. The van der Waals surface area contributed by atoms with E-state index in [0.717, 1.165) is 56.0 Å². The lowest BCUT2D eigenvalue weighted by molar-refractivity contribution is -0.150. The van der Waals surface area contributed by atoms with Gasteiger partial charge in [0, 0.05) is 32.1 Å². The van der Waals surface area contributed by atoms with Gasteiger partial charge in [0.05, 0.1) is 11.3 Å². The largest absolute Gasteiger partial charge is 0.370 e. The minimum absolute atomic E-state index is 0.128. The zero-order valence-corrected chi connectivity index (χ0v) is 24.4. The number of rotatable bonds is 8. The summed E-state index contributed by atoms with van der Waals surface area (Å²) in [5.41, 5.74) is 7.83. The molecule has 3 N–H and O–H groups in total. The lowest BCUT2D eigenvalue weighted by Crippen LogP contribution is -2.69. The first-order valence-corrected chi connectivity index (χ1v) is 16.2. The first-order chi connectivity index (χ1) is 19.2. The summed E-state index contributed by atoms with van der Waals surface area (Å²) in [6.07, 6.45) is 6.18. The van der Waals surface area contributed by atoms with E-state index in [-0.39, 0.29) is 29.7 Å². The van der Waals surface area contributed by atoms with Crippen LogP contribution in [0.5, 0.6) is 0 Å². The molecule has 0 bridgehead atoms. The number of piperidine rings is 3. The minimum Gasteiger partial charge on any atom is -0.370 e. The Morgan fingerprint density at radius 1 is 0.925 bits per heavy atom. The van der Waals surface area contributed by atoms with Crippen LogP contribution < -0.4 is 11.2 Å². The highest BCUT2D eigenvalue weighted by Crippen LogP contribution is 2.39. The van der Waals surface area contributed by atoms with Crippen LogP contribution in [0.1, 0.15) is 58.3 Å². The molecule has 3 aliphatic rings. The second kappa shape index (κ2) is 12.1. The quantitative estimate of drug-likeness (QED) is 0.505. The molecular formula is C30H43N5O4S. The van der Waals surface area contributed by atoms with Crippen LogP contribution in [-0.2, 0) is 19.6 Å². The molecule has 2 aromatic rings. The molecule has 3 unspecified atom stereocenters. The van der Waals surface area contributed by atoms with Gasteiger partial charge >= 0.3 is 0 Å². The third-order valence-corrected chi connectivity index (χ3v) is 11.0. The number of carbonyl (C=O) groups is 2. The highest BCUT2D eigenvalue weighted by molar-refractivity contribution is 7.89. The van der Waals surface area contributed by atoms with E-state index in [9.17, 15) is 18.0 Å². The van der Waals surface area contributed by atoms with Gasteiger partial charge in [-0.05, 0) is 80.4 Å². The molecule has 3 saturated heterocycles. The third kappa shape index (κ3) is 5.91. The predicted octanol–water partition coefficient (Wildman–Crippen LogP) is 3.10. The van der Waals surface area contributed by atoms with Crippen LogP contribution in [0, 0.1) is 11.8 Å². The van der Waals surface area contributed by atoms with Crippen LogP contribution in [-0.4, -0.2) is 79.3 Å². The van der Waals surface area contributed by atoms with Crippen molar-refractivity contribution in [3.05, 3.63) is 42.5 Å². The first kappa shape index (κ1) is 29.0. The summed E-state index contributed by atoms with van der Waals surface area (Å²) in [6, 6.07) is 12.9. The molecule has 3 fully saturated rings. The Hall–Kier alpha value is -2.53. The highest BCUT2D eigenvalue weighted by Gasteiger charge is 2.53. The number of carbonyl (C=O) groups excluding carboxylic acids is 2. The fourth-order valence-corrected chi connectivity index (χ4v) is 8.60. The Balaban J connectivity index is 1.48. The summed E-state index contributed by atoms with van der Waals surface area (Å²) >= 11 is 0. The Morgan fingerprint density at radius 3 is 2.38 bits per heavy atom. The van der Waals surface area contributed by atoms with Crippen molar-refractivity contribution in [1.29, 1.82) is 0 Å². The van der Waals surface area contributed by atoms with E-state index in [1.807, 2.05) is 35.3 Å². The number of nitrogens with zero attached hydrogens (tertiary/aromatic N) is 3. The van der Waals surface area contributed by atoms with Crippen molar-refractivity contribution < 1.29 is 18.0 Å². The van der Waals surface area contributed by atoms with Crippen LogP contribution in [0.15, 0.2) is 47.4 Å². The topological polar surface area (TPSA) is 116 Å². The molecule has 3 aliphatic heterocycles. The molecule has 10 heteroatoms. The molecule has 0 saturated carbocycles. The molecule has 9 nitrogen and oxygen atoms in total. The molecule has 3 atom stereocenters. The number of primary amides is 1. The smallest absolute Gasteiger partial charge is 0.255 e. The number of benzene rings is 2. The lowest BCUT2D eigenvalue weighted by Gasteiger charge is -2.51. The summed E-state index contributed by atoms with van der Waals surface area (Å²) in [6.45, 7) is 5.61. The van der Waals surface area contributed by atoms with Gasteiger partial charge in [-0.2, -0.15) is 4.31 Å². The lowest BCUT2D eigenvalue weighted by atomic mass is 9.73. The number of nitrogens with one attached hydrogen (secondary N) is 1. The average molecular weight is 570 g/mol. The fourth-order valence-electron chi connectivity index (χ4n) is 7.04. The number of likely N-dealkylation sites (tertiary alicyclic amines) is 1. The Kier molecular flexibility index (Phi) is 8.80. The maximum absolute atomic E-state index is 14.4. The van der Waals surface area contributed by atoms with Gasteiger partial charge in [-0.3, -0.25) is 19.9 Å². The van der Waals surface area contributed by atoms with Crippen LogP contribution in [0.25, 0.3) is 10.8 Å². The van der Waals surface area contributed by atoms with Gasteiger partial charge in [0.1, 0.15) is 5.54 Å². The summed E-state index contributed by atoms with van der Waals surface area (Å²) in [5.74, 6) is -0.671. The number of nitrogens with two attached hydrogens (primary N) is 1. The maximum Gasteiger partial charge on any atom is 0.255 e. The van der Waals surface area contributed by atoms with Crippen molar-refractivity contribution in [2.24, 2.45) is 17.6 Å². The molecule has 3 heterocycles. The van der Waals surface area contributed by atoms with Gasteiger partial charge in [0.2, 0.25) is 15.9 Å². The van der Waals surface area contributed by atoms with Crippen molar-refractivity contribution >= 4 is 32.6 Å². The van der Waals surface area contributed by atoms with E-state index >= 15 is 0 Å². The number of amides is 2. The second-order valence-corrected chi connectivity index (χ2v) is 13.9. The van der Waals surface area contributed by atoms with Gasteiger partial charge in [-0.25, -0.2) is 13.4 Å². The van der Waals surface area contributed by atoms with E-state index in [2.05, 4.69) is 17.2 Å². The molecule has 2 aromatic carbocycles. The highest BCUT2D eigenvalue weighted by atomic mass is 32.2. The number of sulfonamides is 1. The molecule has 0 aliphatic carbocycles. The minimum atomic E-state index is -3.81. The molecule has 5 rings (SSSR count). The van der Waals surface area contributed by atoms with E-state index in [1.165, 1.54) is 4.31 Å². The zero-order valence-electron chi connectivity index (χ0n) is 23.6. The van der Waals surface area contributed by atoms with Crippen LogP contribution in [0.2, 0.25) is 0 Å². The van der Waals surface area contributed by atoms with Crippen molar-refractivity contribution in [3.63, 3.8) is 0 Å². The molecule has 40 heavy (non-hydrogen) atoms. The van der Waals surface area contributed by atoms with E-state index in [0.29, 0.717) is 38.4 Å². The van der Waals surface area contributed by atoms with Crippen LogP contribution in [0.4, 0.5) is 0 Å². The van der Waals surface area contributed by atoms with Gasteiger partial charge in [0.15, 0.2) is 0 Å². The van der Waals surface area contributed by atoms with Crippen LogP contribution in [0.3, 0.4) is 0 Å². The number of hydrogen-bond donors (Lipinski definition) is 2. The molecular weight excluding hydrogens is 526 g/mol. The van der Waals surface area contributed by atoms with Gasteiger partial charge in [-0.15, -0.1) is 0 Å². The summed E-state index contributed by atoms with van der Waals surface area (Å²) in [7, 11) is -3.81. The molecule has 0 aromatic heterocycles. The zero-order chi connectivity index (χ0) is 28.3. The van der Waals surface area contributed by atoms with Crippen molar-refractivity contribution in [3.8, 4) is 0 Å². The Labute approximate surface area is 238 Å². The van der Waals surface area contributed by atoms with Crippen molar-refractivity contribution in [2.45, 2.75) is 68.7 Å². The van der Waals surface area contributed by atoms with Gasteiger partial charge < -0.3 is 5.73 Å². The third-order valence-electron chi connectivity index (χ3n) is 9.09. The molecule has 0 spiro atoms. The monoisotopic (exact) mass is 569 g/mol. The van der Waals surface area contributed by atoms with Gasteiger partial charge in [-0.1, -0.05) is 43.7 Å². The predicted molar refractivity (Wildman–Crippen MR) is 156 cm³/mol. The SMILES string of the molecule is CC1CCCN(NC(=O)C(CC(N)=O)(C2CCCN(S(=O)(=O)c3ccc4ccccc4c3)C2)N2CCCCC2)C1. The normalized spacial score (nSPS) is 25.3. The average Bonchev–Trinajstić information content (AvgIpc) is 2.96. The summed E-state index contributed by atoms with van der Waals surface area (Å²) in [4.78, 5) is 29.4. The number of hydrogen-bond acceptors (Lipinski definition) is 6. The molecule has 218 valence electrons. The van der Waals surface area contributed by atoms with Gasteiger partial charge in [0.25, 0.3) is 5.91 Å². The summed E-state index contributed by atoms with van der Waals surface area (Å²) < 4.78 is 29.4. The van der Waals surface area contributed by atoms with Crippen molar-refractivity contribution in [2.75, 3.05) is 39.3 Å². The fraction of sp³-hybridized carbons (Fsp3) is 0.600. The molecule has 0 radical (unpaired) electrons. The summed E-state index contributed by atoms with van der Waals surface area (Å²) in [5, 5.41) is 3.82. The van der Waals surface area contributed by atoms with Crippen LogP contribution >= 0.6 is 0 Å². The van der Waals surface area contributed by atoms with Crippen molar-refractivity contribution in [1.82, 2.24) is 19.6 Å². The second-order valence-electron chi connectivity index (χ2n) is 12.0. The molecule has 2 amide bonds. The first-order valence-electron chi connectivity index (χ1n) is 14.8. The standard InChI is InChI=1S/C30H43N5O4S/c1-23-9-7-17-34(21-23)32-29(37)30(20-28(31)36,33-15-5-2-6-16-33)26-12-8-18-35(22-26)40(38,39)27-14-13-24-10-3-4-11-25(24)19-27/h3-4,10-11,13-14,19,23,26H,2,5-9,12,15-18,20-22H2,1H3,(H2,31,36)(H,32,37). The number of hydrazine groups is 1.